The molecule has 0 unspecified atom stereocenters. The SMILES string of the molecule is CCO[Si](OCC)(OCC)C1=CCCCC1.CO[Si](OC)(OC)C1=CCCCC1. The Hall–Kier alpha value is -0.326. The molecule has 8 heteroatoms. The summed E-state index contributed by atoms with van der Waals surface area (Å²) in [5.74, 6) is 0. The van der Waals surface area contributed by atoms with E-state index in [1.54, 1.807) is 21.3 Å². The Labute approximate surface area is 180 Å². The Morgan fingerprint density at radius 3 is 1.28 bits per heavy atom. The molecule has 170 valence electrons. The molecule has 0 heterocycles. The maximum atomic E-state index is 5.88. The molecule has 0 N–H and O–H groups in total. The van der Waals surface area contributed by atoms with Crippen molar-refractivity contribution in [1.82, 2.24) is 0 Å². The Kier molecular flexibility index (Phi) is 13.5. The summed E-state index contributed by atoms with van der Waals surface area (Å²) in [6.45, 7) is 7.98. The van der Waals surface area contributed by atoms with Crippen molar-refractivity contribution in [2.45, 2.75) is 72.1 Å². The van der Waals surface area contributed by atoms with Crippen LogP contribution < -0.4 is 0 Å². The first-order valence-corrected chi connectivity index (χ1v) is 14.5. The summed E-state index contributed by atoms with van der Waals surface area (Å²) in [6, 6.07) is 0. The van der Waals surface area contributed by atoms with E-state index in [4.69, 9.17) is 26.6 Å². The minimum atomic E-state index is -2.53. The topological polar surface area (TPSA) is 55.4 Å². The summed E-state index contributed by atoms with van der Waals surface area (Å²) in [5.41, 5.74) is 0. The van der Waals surface area contributed by atoms with Gasteiger partial charge >= 0.3 is 17.6 Å². The average Bonchev–Trinajstić information content (AvgIpc) is 2.78. The molecule has 0 atom stereocenters. The molecule has 0 aromatic carbocycles. The van der Waals surface area contributed by atoms with Crippen LogP contribution in [-0.2, 0) is 26.6 Å². The number of allylic oxidation sites excluding steroid dienone is 4. The van der Waals surface area contributed by atoms with Gasteiger partial charge in [0.2, 0.25) is 0 Å². The minimum absolute atomic E-state index is 0.656. The van der Waals surface area contributed by atoms with Crippen LogP contribution in [-0.4, -0.2) is 58.8 Å². The average molecular weight is 447 g/mol. The van der Waals surface area contributed by atoms with Gasteiger partial charge in [-0.25, -0.2) is 0 Å². The molecule has 0 radical (unpaired) electrons. The first-order valence-electron chi connectivity index (χ1n) is 11.0. The summed E-state index contributed by atoms with van der Waals surface area (Å²) in [6.07, 6.45) is 13.9. The maximum Gasteiger partial charge on any atom is 0.532 e. The van der Waals surface area contributed by atoms with E-state index in [9.17, 15) is 0 Å². The van der Waals surface area contributed by atoms with Gasteiger partial charge in [0.1, 0.15) is 0 Å². The van der Waals surface area contributed by atoms with Crippen LogP contribution in [0.5, 0.6) is 0 Å². The van der Waals surface area contributed by atoms with Gasteiger partial charge in [-0.2, -0.15) is 0 Å². The molecular weight excluding hydrogens is 404 g/mol. The van der Waals surface area contributed by atoms with Crippen molar-refractivity contribution in [1.29, 1.82) is 0 Å². The van der Waals surface area contributed by atoms with Crippen LogP contribution in [0.15, 0.2) is 22.5 Å². The van der Waals surface area contributed by atoms with Crippen LogP contribution in [0.1, 0.15) is 72.1 Å². The van der Waals surface area contributed by atoms with Crippen molar-refractivity contribution in [3.8, 4) is 0 Å². The van der Waals surface area contributed by atoms with Crippen LogP contribution in [0.2, 0.25) is 0 Å². The molecule has 0 spiro atoms. The van der Waals surface area contributed by atoms with Gasteiger partial charge in [-0.3, -0.25) is 0 Å². The molecule has 2 aliphatic carbocycles. The van der Waals surface area contributed by atoms with Crippen LogP contribution >= 0.6 is 0 Å². The van der Waals surface area contributed by atoms with Gasteiger partial charge < -0.3 is 26.6 Å². The molecule has 0 aromatic rings. The van der Waals surface area contributed by atoms with Gasteiger partial charge in [0.05, 0.1) is 0 Å². The first-order chi connectivity index (χ1) is 14.1. The number of hydrogen-bond acceptors (Lipinski definition) is 6. The second-order valence-electron chi connectivity index (χ2n) is 6.97. The zero-order chi connectivity index (χ0) is 21.6. The maximum absolute atomic E-state index is 5.88. The van der Waals surface area contributed by atoms with Gasteiger partial charge in [0.15, 0.2) is 0 Å². The lowest BCUT2D eigenvalue weighted by atomic mass is 10.1. The Morgan fingerprint density at radius 1 is 0.621 bits per heavy atom. The largest absolute Gasteiger partial charge is 0.532 e. The van der Waals surface area contributed by atoms with Gasteiger partial charge in [-0.05, 0) is 82.5 Å². The lowest BCUT2D eigenvalue weighted by Gasteiger charge is -2.32. The third-order valence-corrected chi connectivity index (χ3v) is 11.3. The summed E-state index contributed by atoms with van der Waals surface area (Å²) >= 11 is 0. The quantitative estimate of drug-likeness (QED) is 0.417. The van der Waals surface area contributed by atoms with Crippen LogP contribution in [0.4, 0.5) is 0 Å². The van der Waals surface area contributed by atoms with Crippen molar-refractivity contribution in [2.75, 3.05) is 41.2 Å². The summed E-state index contributed by atoms with van der Waals surface area (Å²) < 4.78 is 33.8. The van der Waals surface area contributed by atoms with Crippen molar-refractivity contribution in [3.63, 3.8) is 0 Å². The Morgan fingerprint density at radius 2 is 1.00 bits per heavy atom. The standard InChI is InChI=1S/C12H24O3Si.C9H18O3Si/c1-4-13-16(14-5-2,15-6-3)12-10-8-7-9-11-12;1-10-13(11-2,12-3)9-7-5-4-6-8-9/h10H,4-9,11H2,1-3H3;7H,4-6,8H2,1-3H3. The molecule has 0 saturated carbocycles. The smallest absolute Gasteiger partial charge is 0.374 e. The van der Waals surface area contributed by atoms with E-state index < -0.39 is 17.6 Å². The summed E-state index contributed by atoms with van der Waals surface area (Å²) in [7, 11) is -0.00489. The van der Waals surface area contributed by atoms with E-state index in [0.717, 1.165) is 25.7 Å². The molecule has 29 heavy (non-hydrogen) atoms. The fraction of sp³-hybridized carbons (Fsp3) is 0.810. The van der Waals surface area contributed by atoms with E-state index in [2.05, 4.69) is 12.2 Å². The van der Waals surface area contributed by atoms with Gasteiger partial charge in [-0.15, -0.1) is 0 Å². The third-order valence-electron chi connectivity index (χ3n) is 5.18. The zero-order valence-corrected chi connectivity index (χ0v) is 21.4. The van der Waals surface area contributed by atoms with Gasteiger partial charge in [0, 0.05) is 41.2 Å². The monoisotopic (exact) mass is 446 g/mol. The van der Waals surface area contributed by atoms with Crippen LogP contribution in [0, 0.1) is 0 Å². The fourth-order valence-electron chi connectivity index (χ4n) is 3.85. The Bertz CT molecular complexity index is 480. The molecule has 0 amide bonds. The molecule has 6 nitrogen and oxygen atoms in total. The second-order valence-corrected chi connectivity index (χ2v) is 12.6. The van der Waals surface area contributed by atoms with Gasteiger partial charge in [-0.1, -0.05) is 12.2 Å². The van der Waals surface area contributed by atoms with E-state index in [0.29, 0.717) is 19.8 Å². The highest BCUT2D eigenvalue weighted by Gasteiger charge is 2.45. The van der Waals surface area contributed by atoms with Crippen LogP contribution in [0.25, 0.3) is 0 Å². The lowest BCUT2D eigenvalue weighted by Crippen LogP contribution is -2.48. The summed E-state index contributed by atoms with van der Waals surface area (Å²) in [4.78, 5) is 0. The molecule has 0 fully saturated rings. The predicted octanol–water partition coefficient (Wildman–Crippen LogP) is 4.98. The molecular formula is C21H42O6Si2. The third kappa shape index (κ3) is 7.70. The van der Waals surface area contributed by atoms with E-state index >= 15 is 0 Å². The normalized spacial score (nSPS) is 17.9. The number of hydrogen-bond donors (Lipinski definition) is 0. The molecule has 0 saturated heterocycles. The lowest BCUT2D eigenvalue weighted by molar-refractivity contribution is 0.0792. The van der Waals surface area contributed by atoms with Crippen LogP contribution in [0.3, 0.4) is 0 Å². The molecule has 2 rings (SSSR count). The highest BCUT2D eigenvalue weighted by atomic mass is 28.4. The van der Waals surface area contributed by atoms with Crippen molar-refractivity contribution in [3.05, 3.63) is 22.5 Å². The van der Waals surface area contributed by atoms with E-state index in [-0.39, 0.29) is 0 Å². The second kappa shape index (κ2) is 14.6. The van der Waals surface area contributed by atoms with Crippen molar-refractivity contribution >= 4 is 17.6 Å². The van der Waals surface area contributed by atoms with E-state index in [1.807, 2.05) is 20.8 Å². The zero-order valence-electron chi connectivity index (χ0n) is 19.4. The molecule has 0 bridgehead atoms. The molecule has 0 aliphatic heterocycles. The van der Waals surface area contributed by atoms with E-state index in [1.165, 1.54) is 36.1 Å². The molecule has 0 aromatic heterocycles. The van der Waals surface area contributed by atoms with Crippen molar-refractivity contribution in [2.24, 2.45) is 0 Å². The predicted molar refractivity (Wildman–Crippen MR) is 121 cm³/mol. The first kappa shape index (κ1) is 26.7. The number of rotatable bonds is 11. The minimum Gasteiger partial charge on any atom is -0.374 e. The Balaban J connectivity index is 0.000000296. The fourth-order valence-corrected chi connectivity index (χ4v) is 8.84. The highest BCUT2D eigenvalue weighted by Crippen LogP contribution is 2.29. The van der Waals surface area contributed by atoms with Gasteiger partial charge in [0.25, 0.3) is 0 Å². The molecule has 2 aliphatic rings. The summed E-state index contributed by atoms with van der Waals surface area (Å²) in [5, 5.41) is 2.54. The van der Waals surface area contributed by atoms with Crippen molar-refractivity contribution < 1.29 is 26.6 Å². The highest BCUT2D eigenvalue weighted by molar-refractivity contribution is 6.69.